The number of hydrogen-bond acceptors (Lipinski definition) is 4. The minimum absolute atomic E-state index is 0.0464. The van der Waals surface area contributed by atoms with Crippen molar-refractivity contribution in [3.8, 4) is 5.75 Å². The van der Waals surface area contributed by atoms with Crippen LogP contribution in [0.5, 0.6) is 5.75 Å². The van der Waals surface area contributed by atoms with Crippen LogP contribution in [0, 0.1) is 11.6 Å². The normalized spacial score (nSPS) is 23.2. The van der Waals surface area contributed by atoms with Crippen LogP contribution in [0.25, 0.3) is 0 Å². The predicted octanol–water partition coefficient (Wildman–Crippen LogP) is 3.41. The largest absolute Gasteiger partial charge is 0.483 e. The Morgan fingerprint density at radius 2 is 1.90 bits per heavy atom. The molecule has 1 fully saturated rings. The van der Waals surface area contributed by atoms with Crippen LogP contribution in [-0.2, 0) is 22.5 Å². The first kappa shape index (κ1) is 21.7. The SMILES string of the molecule is CN1C(=O)COc2ccccc2CCCCO[C@H]2CN(Cc3cccc(F)c3F)C[C@@H]21. The van der Waals surface area contributed by atoms with Gasteiger partial charge in [-0.15, -0.1) is 0 Å². The van der Waals surface area contributed by atoms with Gasteiger partial charge in [-0.25, -0.2) is 8.78 Å². The first-order valence-corrected chi connectivity index (χ1v) is 10.8. The summed E-state index contributed by atoms with van der Waals surface area (Å²) in [5.41, 5.74) is 1.41. The molecule has 0 N–H and O–H groups in total. The number of likely N-dealkylation sites (tertiary alicyclic amines) is 1. The number of para-hydroxylation sites is 1. The highest BCUT2D eigenvalue weighted by atomic mass is 19.2. The number of carbonyl (C=O) groups excluding carboxylic acids is 1. The Bertz CT molecular complexity index is 923. The highest BCUT2D eigenvalue weighted by Crippen LogP contribution is 2.25. The van der Waals surface area contributed by atoms with Crippen LogP contribution in [0.3, 0.4) is 0 Å². The molecule has 7 heteroatoms. The quantitative estimate of drug-likeness (QED) is 0.733. The van der Waals surface area contributed by atoms with Gasteiger partial charge in [0, 0.05) is 38.9 Å². The van der Waals surface area contributed by atoms with Crippen LogP contribution < -0.4 is 4.74 Å². The number of ether oxygens (including phenoxy) is 2. The van der Waals surface area contributed by atoms with Crippen molar-refractivity contribution in [2.45, 2.75) is 38.0 Å². The van der Waals surface area contributed by atoms with E-state index in [1.807, 2.05) is 29.2 Å². The molecule has 0 saturated carbocycles. The lowest BCUT2D eigenvalue weighted by molar-refractivity contribution is -0.136. The van der Waals surface area contributed by atoms with E-state index >= 15 is 0 Å². The monoisotopic (exact) mass is 430 g/mol. The summed E-state index contributed by atoms with van der Waals surface area (Å²) in [6, 6.07) is 11.9. The van der Waals surface area contributed by atoms with E-state index in [0.29, 0.717) is 25.3 Å². The summed E-state index contributed by atoms with van der Waals surface area (Å²) in [7, 11) is 1.75. The molecule has 2 atom stereocenters. The average molecular weight is 430 g/mol. The number of carbonyl (C=O) groups is 1. The smallest absolute Gasteiger partial charge is 0.260 e. The lowest BCUT2D eigenvalue weighted by Crippen LogP contribution is -2.47. The fourth-order valence-corrected chi connectivity index (χ4v) is 4.34. The van der Waals surface area contributed by atoms with E-state index in [4.69, 9.17) is 9.47 Å². The van der Waals surface area contributed by atoms with Gasteiger partial charge in [0.2, 0.25) is 0 Å². The number of aryl methyl sites for hydroxylation is 1. The molecule has 2 aromatic rings. The number of likely N-dealkylation sites (N-methyl/N-ethyl adjacent to an activating group) is 1. The maximum atomic E-state index is 14.1. The summed E-state index contributed by atoms with van der Waals surface area (Å²) in [6.45, 7) is 1.90. The van der Waals surface area contributed by atoms with Gasteiger partial charge >= 0.3 is 0 Å². The molecule has 4 rings (SSSR count). The van der Waals surface area contributed by atoms with Gasteiger partial charge in [-0.05, 0) is 37.0 Å². The molecule has 166 valence electrons. The molecule has 0 spiro atoms. The van der Waals surface area contributed by atoms with Crippen molar-refractivity contribution >= 4 is 5.91 Å². The van der Waals surface area contributed by atoms with Gasteiger partial charge < -0.3 is 14.4 Å². The van der Waals surface area contributed by atoms with Gasteiger partial charge in [0.05, 0.1) is 12.1 Å². The third-order valence-electron chi connectivity index (χ3n) is 6.13. The Morgan fingerprint density at radius 3 is 2.77 bits per heavy atom. The average Bonchev–Trinajstić information content (AvgIpc) is 3.17. The molecule has 1 amide bonds. The van der Waals surface area contributed by atoms with Crippen LogP contribution in [-0.4, -0.2) is 61.2 Å². The summed E-state index contributed by atoms with van der Waals surface area (Å²) >= 11 is 0. The number of benzene rings is 2. The van der Waals surface area contributed by atoms with E-state index in [-0.39, 0.29) is 31.2 Å². The molecule has 2 aliphatic heterocycles. The lowest BCUT2D eigenvalue weighted by Gasteiger charge is -2.29. The molecule has 0 radical (unpaired) electrons. The molecule has 0 unspecified atom stereocenters. The first-order valence-electron chi connectivity index (χ1n) is 10.8. The predicted molar refractivity (Wildman–Crippen MR) is 113 cm³/mol. The minimum atomic E-state index is -0.847. The Morgan fingerprint density at radius 1 is 1.06 bits per heavy atom. The zero-order valence-electron chi connectivity index (χ0n) is 17.7. The molecule has 0 aromatic heterocycles. The van der Waals surface area contributed by atoms with Gasteiger partial charge in [0.25, 0.3) is 5.91 Å². The molecule has 2 aromatic carbocycles. The lowest BCUT2D eigenvalue weighted by atomic mass is 10.1. The number of amides is 1. The molecule has 1 saturated heterocycles. The second-order valence-electron chi connectivity index (χ2n) is 8.24. The minimum Gasteiger partial charge on any atom is -0.483 e. The molecule has 5 nitrogen and oxygen atoms in total. The molecule has 0 bridgehead atoms. The third-order valence-corrected chi connectivity index (χ3v) is 6.13. The number of hydrogen-bond donors (Lipinski definition) is 0. The van der Waals surface area contributed by atoms with Crippen LogP contribution in [0.4, 0.5) is 8.78 Å². The fourth-order valence-electron chi connectivity index (χ4n) is 4.34. The second-order valence-corrected chi connectivity index (χ2v) is 8.24. The van der Waals surface area contributed by atoms with E-state index in [2.05, 4.69) is 0 Å². The molecule has 0 aliphatic carbocycles. The van der Waals surface area contributed by atoms with Gasteiger partial charge in [-0.1, -0.05) is 30.3 Å². The van der Waals surface area contributed by atoms with E-state index in [0.717, 1.165) is 36.6 Å². The highest BCUT2D eigenvalue weighted by molar-refractivity contribution is 5.78. The zero-order valence-corrected chi connectivity index (χ0v) is 17.7. The fraction of sp³-hybridized carbons (Fsp3) is 0.458. The summed E-state index contributed by atoms with van der Waals surface area (Å²) in [5.74, 6) is -1.05. The van der Waals surface area contributed by atoms with Crippen molar-refractivity contribution in [1.29, 1.82) is 0 Å². The van der Waals surface area contributed by atoms with E-state index in [9.17, 15) is 13.6 Å². The van der Waals surface area contributed by atoms with Crippen molar-refractivity contribution in [3.63, 3.8) is 0 Å². The van der Waals surface area contributed by atoms with E-state index in [1.54, 1.807) is 18.0 Å². The van der Waals surface area contributed by atoms with Crippen LogP contribution in [0.1, 0.15) is 24.0 Å². The third kappa shape index (κ3) is 5.05. The number of rotatable bonds is 2. The number of nitrogens with zero attached hydrogens (tertiary/aromatic N) is 2. The summed E-state index contributed by atoms with van der Waals surface area (Å²) in [4.78, 5) is 16.5. The molecule has 2 aliphatic rings. The zero-order chi connectivity index (χ0) is 21.8. The van der Waals surface area contributed by atoms with Crippen molar-refractivity contribution in [3.05, 3.63) is 65.2 Å². The number of fused-ring (bicyclic) bond motifs is 2. The molecule has 31 heavy (non-hydrogen) atoms. The molecule has 2 heterocycles. The maximum Gasteiger partial charge on any atom is 0.260 e. The van der Waals surface area contributed by atoms with Crippen molar-refractivity contribution in [2.24, 2.45) is 0 Å². The first-order chi connectivity index (χ1) is 15.0. The van der Waals surface area contributed by atoms with Crippen LogP contribution in [0.15, 0.2) is 42.5 Å². The Balaban J connectivity index is 1.48. The highest BCUT2D eigenvalue weighted by Gasteiger charge is 2.38. The Labute approximate surface area is 181 Å². The van der Waals surface area contributed by atoms with Crippen molar-refractivity contribution in [1.82, 2.24) is 9.80 Å². The maximum absolute atomic E-state index is 14.1. The van der Waals surface area contributed by atoms with E-state index in [1.165, 1.54) is 6.07 Å². The van der Waals surface area contributed by atoms with Crippen molar-refractivity contribution < 1.29 is 23.0 Å². The Hall–Kier alpha value is -2.51. The van der Waals surface area contributed by atoms with Gasteiger partial charge in [-0.2, -0.15) is 0 Å². The van der Waals surface area contributed by atoms with E-state index < -0.39 is 11.6 Å². The van der Waals surface area contributed by atoms with Gasteiger partial charge in [0.15, 0.2) is 18.2 Å². The van der Waals surface area contributed by atoms with Gasteiger partial charge in [0.1, 0.15) is 5.75 Å². The van der Waals surface area contributed by atoms with Gasteiger partial charge in [-0.3, -0.25) is 9.69 Å². The second kappa shape index (κ2) is 9.75. The number of halogens is 2. The summed E-state index contributed by atoms with van der Waals surface area (Å²) < 4.78 is 39.7. The standard InChI is InChI=1S/C24H28F2N2O3/c1-27-20-14-28(13-18-9-6-10-19(25)24(18)26)15-22(20)30-12-5-4-8-17-7-2-3-11-21(17)31-16-23(27)29/h2-3,6-7,9-11,20,22H,4-5,8,12-16H2,1H3/t20-,22-/m0/s1. The summed E-state index contributed by atoms with van der Waals surface area (Å²) in [6.07, 6.45) is 2.53. The summed E-state index contributed by atoms with van der Waals surface area (Å²) in [5, 5.41) is 0. The molecular weight excluding hydrogens is 402 g/mol. The topological polar surface area (TPSA) is 42.0 Å². The van der Waals surface area contributed by atoms with Crippen molar-refractivity contribution in [2.75, 3.05) is 33.4 Å². The Kier molecular flexibility index (Phi) is 6.83. The molecular formula is C24H28F2N2O3. The van der Waals surface area contributed by atoms with Crippen LogP contribution >= 0.6 is 0 Å². The van der Waals surface area contributed by atoms with Crippen LogP contribution in [0.2, 0.25) is 0 Å².